The van der Waals surface area contributed by atoms with Gasteiger partial charge in [0, 0.05) is 12.6 Å². The fourth-order valence-electron chi connectivity index (χ4n) is 1.37. The lowest BCUT2D eigenvalue weighted by atomic mass is 10.1. The summed E-state index contributed by atoms with van der Waals surface area (Å²) in [6.07, 6.45) is 3.05. The van der Waals surface area contributed by atoms with Crippen molar-refractivity contribution in [2.24, 2.45) is 5.16 Å². The maximum Gasteiger partial charge on any atom is 0.106 e. The van der Waals surface area contributed by atoms with Crippen LogP contribution in [0.15, 0.2) is 5.16 Å². The molecular weight excluding hydrogens is 156 g/mol. The quantitative estimate of drug-likeness (QED) is 0.582. The normalized spacial score (nSPS) is 28.5. The van der Waals surface area contributed by atoms with Crippen molar-refractivity contribution < 1.29 is 9.94 Å². The molecule has 2 N–H and O–H groups in total. The van der Waals surface area contributed by atoms with E-state index in [1.165, 1.54) is 0 Å². The van der Waals surface area contributed by atoms with Gasteiger partial charge in [-0.2, -0.15) is 0 Å². The van der Waals surface area contributed by atoms with Crippen LogP contribution in [-0.2, 0) is 4.84 Å². The van der Waals surface area contributed by atoms with E-state index < -0.39 is 0 Å². The van der Waals surface area contributed by atoms with Gasteiger partial charge in [0.25, 0.3) is 0 Å². The highest BCUT2D eigenvalue weighted by molar-refractivity contribution is 5.86. The molecule has 0 radical (unpaired) electrons. The Morgan fingerprint density at radius 2 is 2.58 bits per heavy atom. The molecule has 70 valence electrons. The van der Waals surface area contributed by atoms with Crippen molar-refractivity contribution in [3.63, 3.8) is 0 Å². The molecule has 1 aliphatic heterocycles. The summed E-state index contributed by atoms with van der Waals surface area (Å²) >= 11 is 0. The van der Waals surface area contributed by atoms with E-state index >= 15 is 0 Å². The highest BCUT2D eigenvalue weighted by Gasteiger charge is 2.13. The molecule has 1 rings (SSSR count). The minimum atomic E-state index is 0.209. The van der Waals surface area contributed by atoms with Crippen LogP contribution in [0.25, 0.3) is 0 Å². The number of nitrogens with zero attached hydrogens (tertiary/aromatic N) is 1. The SMILES string of the molecule is CO/N=C1\CCCC(CO)NC1. The van der Waals surface area contributed by atoms with Crippen LogP contribution in [-0.4, -0.2) is 37.1 Å². The van der Waals surface area contributed by atoms with E-state index in [1.807, 2.05) is 0 Å². The highest BCUT2D eigenvalue weighted by atomic mass is 16.6. The lowest BCUT2D eigenvalue weighted by molar-refractivity contribution is 0.211. The Labute approximate surface area is 72.6 Å². The molecule has 0 aromatic carbocycles. The first-order valence-electron chi connectivity index (χ1n) is 4.30. The molecule has 1 atom stereocenters. The fraction of sp³-hybridized carbons (Fsp3) is 0.875. The van der Waals surface area contributed by atoms with E-state index in [1.54, 1.807) is 7.11 Å². The Morgan fingerprint density at radius 1 is 1.75 bits per heavy atom. The zero-order valence-electron chi connectivity index (χ0n) is 7.42. The maximum absolute atomic E-state index is 8.90. The van der Waals surface area contributed by atoms with Crippen molar-refractivity contribution in [2.75, 3.05) is 20.3 Å². The van der Waals surface area contributed by atoms with Crippen LogP contribution in [0.5, 0.6) is 0 Å². The smallest absolute Gasteiger partial charge is 0.106 e. The Hall–Kier alpha value is -0.610. The van der Waals surface area contributed by atoms with Crippen molar-refractivity contribution in [3.8, 4) is 0 Å². The summed E-state index contributed by atoms with van der Waals surface area (Å²) in [5.74, 6) is 0. The lowest BCUT2D eigenvalue weighted by Crippen LogP contribution is -2.33. The van der Waals surface area contributed by atoms with E-state index in [0.29, 0.717) is 0 Å². The van der Waals surface area contributed by atoms with Crippen molar-refractivity contribution in [2.45, 2.75) is 25.3 Å². The first-order valence-corrected chi connectivity index (χ1v) is 4.30. The lowest BCUT2D eigenvalue weighted by Gasteiger charge is -2.10. The van der Waals surface area contributed by atoms with Crippen LogP contribution in [0.1, 0.15) is 19.3 Å². The molecule has 1 heterocycles. The van der Waals surface area contributed by atoms with Crippen LogP contribution in [0.2, 0.25) is 0 Å². The van der Waals surface area contributed by atoms with Crippen LogP contribution in [0.4, 0.5) is 0 Å². The zero-order chi connectivity index (χ0) is 8.81. The summed E-state index contributed by atoms with van der Waals surface area (Å²) in [7, 11) is 1.56. The predicted molar refractivity (Wildman–Crippen MR) is 47.2 cm³/mol. The number of oxime groups is 1. The average Bonchev–Trinajstić information content (AvgIpc) is 2.31. The van der Waals surface area contributed by atoms with Gasteiger partial charge < -0.3 is 15.3 Å². The van der Waals surface area contributed by atoms with Crippen molar-refractivity contribution in [1.82, 2.24) is 5.32 Å². The minimum Gasteiger partial charge on any atom is -0.399 e. The molecule has 12 heavy (non-hydrogen) atoms. The fourth-order valence-corrected chi connectivity index (χ4v) is 1.37. The van der Waals surface area contributed by atoms with Crippen molar-refractivity contribution >= 4 is 5.71 Å². The largest absolute Gasteiger partial charge is 0.399 e. The van der Waals surface area contributed by atoms with Gasteiger partial charge in [0.1, 0.15) is 7.11 Å². The van der Waals surface area contributed by atoms with Gasteiger partial charge in [-0.05, 0) is 19.3 Å². The van der Waals surface area contributed by atoms with Gasteiger partial charge in [-0.1, -0.05) is 5.16 Å². The Balaban J connectivity index is 2.39. The number of hydrogen-bond donors (Lipinski definition) is 2. The molecule has 0 aromatic heterocycles. The first-order chi connectivity index (χ1) is 5.86. The topological polar surface area (TPSA) is 53.9 Å². The molecule has 1 fully saturated rings. The Morgan fingerprint density at radius 3 is 3.25 bits per heavy atom. The van der Waals surface area contributed by atoms with Crippen LogP contribution >= 0.6 is 0 Å². The van der Waals surface area contributed by atoms with Gasteiger partial charge in [-0.25, -0.2) is 0 Å². The summed E-state index contributed by atoms with van der Waals surface area (Å²) < 4.78 is 0. The van der Waals surface area contributed by atoms with Gasteiger partial charge in [0.05, 0.1) is 12.3 Å². The van der Waals surface area contributed by atoms with E-state index in [-0.39, 0.29) is 12.6 Å². The standard InChI is InChI=1S/C8H16N2O2/c1-12-10-7-3-2-4-8(6-11)9-5-7/h8-9,11H,2-6H2,1H3/b10-7+. The van der Waals surface area contributed by atoms with Gasteiger partial charge in [-0.15, -0.1) is 0 Å². The molecule has 0 aromatic rings. The molecule has 0 spiro atoms. The molecule has 0 amide bonds. The molecule has 1 saturated heterocycles. The molecule has 0 saturated carbocycles. The van der Waals surface area contributed by atoms with Gasteiger partial charge in [0.15, 0.2) is 0 Å². The van der Waals surface area contributed by atoms with Crippen LogP contribution < -0.4 is 5.32 Å². The first kappa shape index (κ1) is 9.48. The number of aliphatic hydroxyl groups is 1. The van der Waals surface area contributed by atoms with Crippen molar-refractivity contribution in [1.29, 1.82) is 0 Å². The number of nitrogens with one attached hydrogen (secondary N) is 1. The monoisotopic (exact) mass is 172 g/mol. The number of hydrogen-bond acceptors (Lipinski definition) is 4. The second-order valence-corrected chi connectivity index (χ2v) is 2.99. The van der Waals surface area contributed by atoms with Gasteiger partial charge >= 0.3 is 0 Å². The zero-order valence-corrected chi connectivity index (χ0v) is 7.42. The van der Waals surface area contributed by atoms with E-state index in [2.05, 4.69) is 10.5 Å². The molecule has 4 nitrogen and oxygen atoms in total. The third kappa shape index (κ3) is 2.79. The number of aliphatic hydroxyl groups excluding tert-OH is 1. The molecule has 1 unspecified atom stereocenters. The third-order valence-electron chi connectivity index (χ3n) is 2.05. The summed E-state index contributed by atoms with van der Waals surface area (Å²) in [5.41, 5.74) is 1.04. The Bertz CT molecular complexity index is 159. The summed E-state index contributed by atoms with van der Waals surface area (Å²) in [6.45, 7) is 0.944. The highest BCUT2D eigenvalue weighted by Crippen LogP contribution is 2.06. The second-order valence-electron chi connectivity index (χ2n) is 2.99. The molecule has 1 aliphatic rings. The maximum atomic E-state index is 8.90. The summed E-state index contributed by atoms with van der Waals surface area (Å²) in [6, 6.07) is 0.231. The van der Waals surface area contributed by atoms with Gasteiger partial charge in [0.2, 0.25) is 0 Å². The van der Waals surface area contributed by atoms with Crippen LogP contribution in [0, 0.1) is 0 Å². The third-order valence-corrected chi connectivity index (χ3v) is 2.05. The average molecular weight is 172 g/mol. The minimum absolute atomic E-state index is 0.209. The number of rotatable bonds is 2. The predicted octanol–water partition coefficient (Wildman–Crippen LogP) is 0.123. The van der Waals surface area contributed by atoms with Gasteiger partial charge in [-0.3, -0.25) is 0 Å². The van der Waals surface area contributed by atoms with E-state index in [0.717, 1.165) is 31.5 Å². The molecule has 0 bridgehead atoms. The second kappa shape index (κ2) is 5.11. The van der Waals surface area contributed by atoms with E-state index in [4.69, 9.17) is 9.94 Å². The molecule has 0 aliphatic carbocycles. The van der Waals surface area contributed by atoms with Crippen LogP contribution in [0.3, 0.4) is 0 Å². The van der Waals surface area contributed by atoms with E-state index in [9.17, 15) is 0 Å². The molecular formula is C8H16N2O2. The van der Waals surface area contributed by atoms with Crippen molar-refractivity contribution in [3.05, 3.63) is 0 Å². The Kier molecular flexibility index (Phi) is 4.04. The summed E-state index contributed by atoms with van der Waals surface area (Å²) in [5, 5.41) is 16.0. The summed E-state index contributed by atoms with van der Waals surface area (Å²) in [4.78, 5) is 4.69. The molecule has 4 heteroatoms.